The van der Waals surface area contributed by atoms with E-state index < -0.39 is 11.5 Å². The number of esters is 1. The third kappa shape index (κ3) is 1.82. The van der Waals surface area contributed by atoms with Crippen LogP contribution in [0.4, 0.5) is 0 Å². The first-order chi connectivity index (χ1) is 11.9. The highest BCUT2D eigenvalue weighted by Crippen LogP contribution is 2.69. The molecule has 0 aromatic heterocycles. The van der Waals surface area contributed by atoms with Gasteiger partial charge in [0.25, 0.3) is 0 Å². The first-order valence-electron chi connectivity index (χ1n) is 10.0. The first kappa shape index (κ1) is 16.0. The number of fused-ring (bicyclic) bond motifs is 4. The van der Waals surface area contributed by atoms with Gasteiger partial charge in [-0.3, -0.25) is 9.59 Å². The van der Waals surface area contributed by atoms with Gasteiger partial charge in [0, 0.05) is 12.3 Å². The van der Waals surface area contributed by atoms with Crippen LogP contribution >= 0.6 is 0 Å². The van der Waals surface area contributed by atoms with Crippen molar-refractivity contribution in [3.8, 4) is 0 Å². The van der Waals surface area contributed by atoms with Gasteiger partial charge in [0.05, 0.1) is 11.5 Å². The van der Waals surface area contributed by atoms with E-state index in [1.165, 1.54) is 5.57 Å². The Morgan fingerprint density at radius 3 is 2.76 bits per heavy atom. The molecule has 5 aliphatic rings. The van der Waals surface area contributed by atoms with E-state index in [1.807, 2.05) is 13.0 Å². The Bertz CT molecular complexity index is 681. The van der Waals surface area contributed by atoms with E-state index in [2.05, 4.69) is 6.92 Å². The number of rotatable bonds is 0. The molecule has 25 heavy (non-hydrogen) atoms. The van der Waals surface area contributed by atoms with Crippen LogP contribution < -0.4 is 0 Å². The van der Waals surface area contributed by atoms with E-state index >= 15 is 0 Å². The van der Waals surface area contributed by atoms with Gasteiger partial charge in [-0.1, -0.05) is 12.5 Å². The Morgan fingerprint density at radius 2 is 1.96 bits per heavy atom. The van der Waals surface area contributed by atoms with Crippen LogP contribution in [0, 0.1) is 34.5 Å². The van der Waals surface area contributed by atoms with Crippen molar-refractivity contribution in [1.29, 1.82) is 0 Å². The molecule has 0 bridgehead atoms. The van der Waals surface area contributed by atoms with Gasteiger partial charge in [-0.05, 0) is 74.7 Å². The molecule has 5 rings (SSSR count). The maximum atomic E-state index is 12.9. The van der Waals surface area contributed by atoms with Crippen molar-refractivity contribution < 1.29 is 19.4 Å². The summed E-state index contributed by atoms with van der Waals surface area (Å²) in [4.78, 5) is 24.8. The van der Waals surface area contributed by atoms with Crippen molar-refractivity contribution in [3.63, 3.8) is 0 Å². The third-order valence-corrected chi connectivity index (χ3v) is 8.77. The standard InChI is InChI=1S/C21H28O4/c1-11-18-17(23)10-16-14-4-3-12-9-13(22)5-7-20(12,2)15(14)6-8-21(16,18)19(24)25-11/h9,11,14-18,23H,3-8,10H2,1-2H3/t11?,14-,15+,16+,17-,18+,20+,21-/m1/s1. The lowest BCUT2D eigenvalue weighted by molar-refractivity contribution is -0.157. The first-order valence-corrected chi connectivity index (χ1v) is 10.0. The summed E-state index contributed by atoms with van der Waals surface area (Å²) in [6, 6.07) is 0. The van der Waals surface area contributed by atoms with Crippen molar-refractivity contribution in [2.75, 3.05) is 0 Å². The zero-order valence-electron chi connectivity index (χ0n) is 15.2. The van der Waals surface area contributed by atoms with Crippen LogP contribution in [-0.4, -0.2) is 29.1 Å². The summed E-state index contributed by atoms with van der Waals surface area (Å²) in [6.45, 7) is 4.29. The van der Waals surface area contributed by atoms with E-state index in [0.717, 1.165) is 38.5 Å². The average Bonchev–Trinajstić information content (AvgIpc) is 3.01. The largest absolute Gasteiger partial charge is 0.462 e. The molecule has 0 radical (unpaired) electrons. The summed E-state index contributed by atoms with van der Waals surface area (Å²) in [5, 5.41) is 10.7. The zero-order chi connectivity index (χ0) is 17.6. The van der Waals surface area contributed by atoms with E-state index in [9.17, 15) is 14.7 Å². The van der Waals surface area contributed by atoms with E-state index in [1.54, 1.807) is 0 Å². The van der Waals surface area contributed by atoms with Gasteiger partial charge in [0.15, 0.2) is 5.78 Å². The van der Waals surface area contributed by atoms with Gasteiger partial charge in [-0.15, -0.1) is 0 Å². The topological polar surface area (TPSA) is 63.6 Å². The zero-order valence-corrected chi connectivity index (χ0v) is 15.2. The molecule has 1 heterocycles. The van der Waals surface area contributed by atoms with E-state index in [-0.39, 0.29) is 35.1 Å². The summed E-state index contributed by atoms with van der Waals surface area (Å²) in [5.41, 5.74) is 1.01. The molecule has 1 N–H and O–H groups in total. The number of allylic oxidation sites excluding steroid dienone is 1. The van der Waals surface area contributed by atoms with Crippen molar-refractivity contribution >= 4 is 11.8 Å². The maximum Gasteiger partial charge on any atom is 0.313 e. The lowest BCUT2D eigenvalue weighted by Crippen LogP contribution is -2.52. The Kier molecular flexibility index (Phi) is 3.19. The molecule has 4 nitrogen and oxygen atoms in total. The molecule has 0 aromatic rings. The van der Waals surface area contributed by atoms with Crippen LogP contribution in [0.25, 0.3) is 0 Å². The fourth-order valence-electron chi connectivity index (χ4n) is 7.75. The Balaban J connectivity index is 1.55. The monoisotopic (exact) mass is 344 g/mol. The second-order valence-electron chi connectivity index (χ2n) is 9.49. The van der Waals surface area contributed by atoms with Crippen molar-refractivity contribution in [2.45, 2.75) is 71.0 Å². The summed E-state index contributed by atoms with van der Waals surface area (Å²) in [6.07, 6.45) is 7.59. The fraction of sp³-hybridized carbons (Fsp3) is 0.810. The van der Waals surface area contributed by atoms with Crippen molar-refractivity contribution in [3.05, 3.63) is 11.6 Å². The second-order valence-corrected chi connectivity index (χ2v) is 9.49. The van der Waals surface area contributed by atoms with Crippen LogP contribution in [0.5, 0.6) is 0 Å². The second kappa shape index (κ2) is 4.97. The molecular formula is C21H28O4. The number of aliphatic hydroxyl groups excluding tert-OH is 1. The fourth-order valence-corrected chi connectivity index (χ4v) is 7.75. The van der Waals surface area contributed by atoms with Gasteiger partial charge in [-0.2, -0.15) is 0 Å². The number of hydrogen-bond donors (Lipinski definition) is 1. The minimum Gasteiger partial charge on any atom is -0.462 e. The lowest BCUT2D eigenvalue weighted by atomic mass is 9.46. The van der Waals surface area contributed by atoms with Crippen LogP contribution in [-0.2, 0) is 14.3 Å². The predicted octanol–water partition coefficient (Wildman–Crippen LogP) is 3.03. The van der Waals surface area contributed by atoms with Crippen molar-refractivity contribution in [1.82, 2.24) is 0 Å². The van der Waals surface area contributed by atoms with Crippen LogP contribution in [0.3, 0.4) is 0 Å². The number of aliphatic hydroxyl groups is 1. The highest BCUT2D eigenvalue weighted by molar-refractivity contribution is 5.91. The normalized spacial score (nSPS) is 54.1. The van der Waals surface area contributed by atoms with Crippen LogP contribution in [0.2, 0.25) is 0 Å². The van der Waals surface area contributed by atoms with Crippen LogP contribution in [0.15, 0.2) is 11.6 Å². The molecule has 4 heteroatoms. The van der Waals surface area contributed by atoms with Crippen LogP contribution in [0.1, 0.15) is 58.8 Å². The SMILES string of the molecule is CC1OC(=O)[C@]23CC[C@H]4[C@@H](CCC5=CC(=O)CC[C@@]54C)[C@@H]2C[C@@H](O)[C@H]13. The van der Waals surface area contributed by atoms with E-state index in [0.29, 0.717) is 18.3 Å². The van der Waals surface area contributed by atoms with Crippen molar-refractivity contribution in [2.24, 2.45) is 34.5 Å². The number of ketones is 1. The summed E-state index contributed by atoms with van der Waals surface area (Å²) in [5.74, 6) is 1.47. The number of hydrogen-bond acceptors (Lipinski definition) is 4. The Hall–Kier alpha value is -1.16. The van der Waals surface area contributed by atoms with Gasteiger partial charge < -0.3 is 9.84 Å². The molecular weight excluding hydrogens is 316 g/mol. The molecule has 1 spiro atoms. The average molecular weight is 344 g/mol. The Labute approximate surface area is 149 Å². The minimum atomic E-state index is -0.442. The number of ether oxygens (including phenoxy) is 1. The van der Waals surface area contributed by atoms with Gasteiger partial charge in [0.2, 0.25) is 0 Å². The summed E-state index contributed by atoms with van der Waals surface area (Å²) in [7, 11) is 0. The molecule has 1 aliphatic heterocycles. The lowest BCUT2D eigenvalue weighted by Gasteiger charge is -2.56. The highest BCUT2D eigenvalue weighted by atomic mass is 16.6. The molecule has 3 saturated carbocycles. The molecule has 8 atom stereocenters. The molecule has 4 aliphatic carbocycles. The predicted molar refractivity (Wildman–Crippen MR) is 91.5 cm³/mol. The highest BCUT2D eigenvalue weighted by Gasteiger charge is 2.71. The Morgan fingerprint density at radius 1 is 1.16 bits per heavy atom. The smallest absolute Gasteiger partial charge is 0.313 e. The minimum absolute atomic E-state index is 0.0244. The molecule has 1 saturated heterocycles. The number of carbonyl (C=O) groups is 2. The summed E-state index contributed by atoms with van der Waals surface area (Å²) < 4.78 is 5.63. The summed E-state index contributed by atoms with van der Waals surface area (Å²) >= 11 is 0. The third-order valence-electron chi connectivity index (χ3n) is 8.77. The molecule has 136 valence electrons. The van der Waals surface area contributed by atoms with Gasteiger partial charge >= 0.3 is 5.97 Å². The van der Waals surface area contributed by atoms with Gasteiger partial charge in [-0.25, -0.2) is 0 Å². The molecule has 0 aromatic carbocycles. The molecule has 0 amide bonds. The van der Waals surface area contributed by atoms with E-state index in [4.69, 9.17) is 4.74 Å². The number of cyclic esters (lactones) is 1. The van der Waals surface area contributed by atoms with Gasteiger partial charge in [0.1, 0.15) is 6.10 Å². The quantitative estimate of drug-likeness (QED) is 0.686. The number of carbonyl (C=O) groups excluding carboxylic acids is 2. The molecule has 1 unspecified atom stereocenters. The molecule has 4 fully saturated rings. The maximum absolute atomic E-state index is 12.9.